The van der Waals surface area contributed by atoms with E-state index in [0.29, 0.717) is 39.1 Å². The molecule has 0 radical (unpaired) electrons. The maximum atomic E-state index is 13.4. The van der Waals surface area contributed by atoms with Gasteiger partial charge in [0.1, 0.15) is 4.83 Å². The van der Waals surface area contributed by atoms with Crippen LogP contribution in [0.4, 0.5) is 5.69 Å². The smallest absolute Gasteiger partial charge is 0.263 e. The predicted molar refractivity (Wildman–Crippen MR) is 138 cm³/mol. The highest BCUT2D eigenvalue weighted by molar-refractivity contribution is 7.99. The van der Waals surface area contributed by atoms with Crippen molar-refractivity contribution in [3.8, 4) is 22.6 Å². The number of rotatable bonds is 9. The summed E-state index contributed by atoms with van der Waals surface area (Å²) in [4.78, 5) is 31.4. The average Bonchev–Trinajstić information content (AvgIpc) is 3.29. The lowest BCUT2D eigenvalue weighted by atomic mass is 10.1. The van der Waals surface area contributed by atoms with Crippen molar-refractivity contribution in [2.45, 2.75) is 11.7 Å². The number of allylic oxidation sites excluding steroid dienone is 1. The number of hydrogen-bond acceptors (Lipinski definition) is 7. The third kappa shape index (κ3) is 4.85. The Morgan fingerprint density at radius 3 is 2.65 bits per heavy atom. The highest BCUT2D eigenvalue weighted by atomic mass is 32.2. The molecule has 0 aliphatic rings. The highest BCUT2D eigenvalue weighted by Gasteiger charge is 2.18. The van der Waals surface area contributed by atoms with Gasteiger partial charge in [-0.3, -0.25) is 14.2 Å². The van der Waals surface area contributed by atoms with Gasteiger partial charge in [-0.05, 0) is 17.7 Å². The number of aromatic nitrogens is 2. The van der Waals surface area contributed by atoms with Gasteiger partial charge in [-0.1, -0.05) is 48.2 Å². The number of benzene rings is 2. The van der Waals surface area contributed by atoms with Crippen LogP contribution in [0.3, 0.4) is 0 Å². The molecule has 2 aromatic carbocycles. The molecule has 7 nitrogen and oxygen atoms in total. The Balaban J connectivity index is 1.58. The van der Waals surface area contributed by atoms with E-state index in [-0.39, 0.29) is 17.2 Å². The fraction of sp³-hybridized carbons (Fsp3) is 0.160. The molecule has 1 amide bonds. The number of amides is 1. The molecule has 0 saturated carbocycles. The Morgan fingerprint density at radius 2 is 1.94 bits per heavy atom. The van der Waals surface area contributed by atoms with Gasteiger partial charge in [0.15, 0.2) is 16.7 Å². The fourth-order valence-electron chi connectivity index (χ4n) is 3.48. The summed E-state index contributed by atoms with van der Waals surface area (Å²) in [6, 6.07) is 14.9. The van der Waals surface area contributed by atoms with Crippen LogP contribution in [0.25, 0.3) is 21.3 Å². The van der Waals surface area contributed by atoms with Gasteiger partial charge in [-0.2, -0.15) is 0 Å². The van der Waals surface area contributed by atoms with Gasteiger partial charge in [0.2, 0.25) is 5.91 Å². The van der Waals surface area contributed by atoms with E-state index in [4.69, 9.17) is 14.5 Å². The number of nitrogens with one attached hydrogen (secondary N) is 1. The largest absolute Gasteiger partial charge is 0.493 e. The normalized spacial score (nSPS) is 10.8. The van der Waals surface area contributed by atoms with Gasteiger partial charge < -0.3 is 14.8 Å². The number of hydrogen-bond donors (Lipinski definition) is 1. The van der Waals surface area contributed by atoms with Crippen molar-refractivity contribution in [2.75, 3.05) is 25.3 Å². The molecule has 0 unspecified atom stereocenters. The molecule has 2 aromatic heterocycles. The van der Waals surface area contributed by atoms with Crippen LogP contribution in [-0.2, 0) is 11.3 Å². The highest BCUT2D eigenvalue weighted by Crippen LogP contribution is 2.32. The molecule has 0 aliphatic heterocycles. The van der Waals surface area contributed by atoms with Crippen LogP contribution in [0.5, 0.6) is 11.5 Å². The van der Waals surface area contributed by atoms with E-state index in [0.717, 1.165) is 11.1 Å². The van der Waals surface area contributed by atoms with Crippen LogP contribution in [0.15, 0.2) is 76.5 Å². The molecule has 34 heavy (non-hydrogen) atoms. The third-order valence-corrected chi connectivity index (χ3v) is 6.90. The lowest BCUT2D eigenvalue weighted by molar-refractivity contribution is -0.113. The van der Waals surface area contributed by atoms with Crippen molar-refractivity contribution in [3.05, 3.63) is 76.9 Å². The Kier molecular flexibility index (Phi) is 7.34. The van der Waals surface area contributed by atoms with E-state index >= 15 is 0 Å². The quantitative estimate of drug-likeness (QED) is 0.199. The zero-order chi connectivity index (χ0) is 24.1. The molecule has 0 bridgehead atoms. The van der Waals surface area contributed by atoms with Gasteiger partial charge >= 0.3 is 0 Å². The molecule has 4 aromatic rings. The summed E-state index contributed by atoms with van der Waals surface area (Å²) in [6.45, 7) is 4.07. The Bertz CT molecular complexity index is 1400. The third-order valence-electron chi connectivity index (χ3n) is 5.05. The zero-order valence-electron chi connectivity index (χ0n) is 18.7. The van der Waals surface area contributed by atoms with Crippen molar-refractivity contribution in [3.63, 3.8) is 0 Å². The first kappa shape index (κ1) is 23.6. The SMILES string of the molecule is C=CCn1c(SCC(=O)Nc2ccc(OC)c(OC)c2)nc2scc(-c3ccccc3)c2c1=O. The molecule has 4 rings (SSSR count). The number of carbonyl (C=O) groups is 1. The fourth-order valence-corrected chi connectivity index (χ4v) is 5.27. The lowest BCUT2D eigenvalue weighted by Crippen LogP contribution is -2.23. The minimum absolute atomic E-state index is 0.0837. The summed E-state index contributed by atoms with van der Waals surface area (Å²) in [5, 5.41) is 5.84. The number of methoxy groups -OCH3 is 2. The molecule has 0 atom stereocenters. The molecule has 0 spiro atoms. The number of thiophene rings is 1. The number of carbonyl (C=O) groups excluding carboxylic acids is 1. The standard InChI is InChI=1S/C25H23N3O4S2/c1-4-12-28-24(30)22-18(16-8-6-5-7-9-16)14-33-23(22)27-25(28)34-15-21(29)26-17-10-11-19(31-2)20(13-17)32-3/h4-11,13-14H,1,12,15H2,2-3H3,(H,26,29). The molecule has 174 valence electrons. The molecule has 9 heteroatoms. The van der Waals surface area contributed by atoms with Crippen molar-refractivity contribution in [1.29, 1.82) is 0 Å². The average molecular weight is 494 g/mol. The number of fused-ring (bicyclic) bond motifs is 1. The lowest BCUT2D eigenvalue weighted by Gasteiger charge is -2.12. The molecule has 2 heterocycles. The summed E-state index contributed by atoms with van der Waals surface area (Å²) in [6.07, 6.45) is 1.65. The Morgan fingerprint density at radius 1 is 1.18 bits per heavy atom. The second-order valence-electron chi connectivity index (χ2n) is 7.20. The topological polar surface area (TPSA) is 82.5 Å². The van der Waals surface area contributed by atoms with E-state index < -0.39 is 0 Å². The first-order chi connectivity index (χ1) is 16.5. The minimum Gasteiger partial charge on any atom is -0.493 e. The monoisotopic (exact) mass is 493 g/mol. The second-order valence-corrected chi connectivity index (χ2v) is 9.00. The number of nitrogens with zero attached hydrogens (tertiary/aromatic N) is 2. The molecule has 0 saturated heterocycles. The molecule has 0 fully saturated rings. The van der Waals surface area contributed by atoms with Gasteiger partial charge in [-0.15, -0.1) is 17.9 Å². The molecule has 0 aliphatic carbocycles. The summed E-state index contributed by atoms with van der Waals surface area (Å²) in [5.74, 6) is 0.951. The minimum atomic E-state index is -0.229. The molecular weight excluding hydrogens is 470 g/mol. The Hall–Kier alpha value is -3.56. The van der Waals surface area contributed by atoms with Crippen molar-refractivity contribution in [2.24, 2.45) is 0 Å². The van der Waals surface area contributed by atoms with Crippen LogP contribution in [0.2, 0.25) is 0 Å². The van der Waals surface area contributed by atoms with Crippen molar-refractivity contribution in [1.82, 2.24) is 9.55 Å². The van der Waals surface area contributed by atoms with Crippen LogP contribution in [0.1, 0.15) is 0 Å². The number of ether oxygens (including phenoxy) is 2. The van der Waals surface area contributed by atoms with Gasteiger partial charge in [0.25, 0.3) is 5.56 Å². The second kappa shape index (κ2) is 10.6. The van der Waals surface area contributed by atoms with E-state index in [1.807, 2.05) is 35.7 Å². The first-order valence-corrected chi connectivity index (χ1v) is 12.2. The number of anilines is 1. The maximum Gasteiger partial charge on any atom is 0.263 e. The van der Waals surface area contributed by atoms with Crippen LogP contribution < -0.4 is 20.3 Å². The number of thioether (sulfide) groups is 1. The van der Waals surface area contributed by atoms with Crippen molar-refractivity contribution < 1.29 is 14.3 Å². The van der Waals surface area contributed by atoms with Gasteiger partial charge in [-0.25, -0.2) is 4.98 Å². The van der Waals surface area contributed by atoms with Crippen LogP contribution >= 0.6 is 23.1 Å². The van der Waals surface area contributed by atoms with Gasteiger partial charge in [0, 0.05) is 29.2 Å². The van der Waals surface area contributed by atoms with E-state index in [1.54, 1.807) is 36.0 Å². The van der Waals surface area contributed by atoms with E-state index in [2.05, 4.69) is 11.9 Å². The summed E-state index contributed by atoms with van der Waals surface area (Å²) in [5.41, 5.74) is 2.26. The van der Waals surface area contributed by atoms with E-state index in [9.17, 15) is 9.59 Å². The summed E-state index contributed by atoms with van der Waals surface area (Å²) >= 11 is 2.63. The van der Waals surface area contributed by atoms with Crippen LogP contribution in [0, 0.1) is 0 Å². The zero-order valence-corrected chi connectivity index (χ0v) is 20.4. The molecule has 1 N–H and O–H groups in total. The first-order valence-electron chi connectivity index (χ1n) is 10.4. The van der Waals surface area contributed by atoms with E-state index in [1.165, 1.54) is 30.2 Å². The maximum absolute atomic E-state index is 13.4. The predicted octanol–water partition coefficient (Wildman–Crippen LogP) is 5.06. The Labute approximate surface area is 205 Å². The molecular formula is C25H23N3O4S2. The summed E-state index contributed by atoms with van der Waals surface area (Å²) in [7, 11) is 3.09. The van der Waals surface area contributed by atoms with Gasteiger partial charge in [0.05, 0.1) is 25.4 Å². The van der Waals surface area contributed by atoms with Crippen molar-refractivity contribution >= 4 is 44.9 Å². The summed E-state index contributed by atoms with van der Waals surface area (Å²) < 4.78 is 12.1. The van der Waals surface area contributed by atoms with Crippen LogP contribution in [-0.4, -0.2) is 35.4 Å².